The van der Waals surface area contributed by atoms with Gasteiger partial charge in [0.15, 0.2) is 0 Å². The molecule has 3 heterocycles. The van der Waals surface area contributed by atoms with Crippen molar-refractivity contribution in [2.45, 2.75) is 45.6 Å². The minimum atomic E-state index is -0.0474. The minimum Gasteiger partial charge on any atom is -0.368 e. The molecule has 7 heteroatoms. The molecule has 130 valence electrons. The summed E-state index contributed by atoms with van der Waals surface area (Å²) in [5.74, 6) is 0.909. The molecule has 0 atom stereocenters. The van der Waals surface area contributed by atoms with E-state index < -0.39 is 0 Å². The van der Waals surface area contributed by atoms with Crippen LogP contribution < -0.4 is 11.3 Å². The van der Waals surface area contributed by atoms with Crippen LogP contribution >= 0.6 is 0 Å². The Labute approximate surface area is 145 Å². The van der Waals surface area contributed by atoms with Gasteiger partial charge >= 0.3 is 0 Å². The lowest BCUT2D eigenvalue weighted by Gasteiger charge is -2.29. The van der Waals surface area contributed by atoms with Gasteiger partial charge in [-0.25, -0.2) is 4.98 Å². The first-order chi connectivity index (χ1) is 12.0. The van der Waals surface area contributed by atoms with Crippen molar-refractivity contribution in [2.24, 2.45) is 5.92 Å². The van der Waals surface area contributed by atoms with E-state index >= 15 is 0 Å². The first-order valence-corrected chi connectivity index (χ1v) is 8.73. The fraction of sp³-hybridized carbons (Fsp3) is 0.444. The van der Waals surface area contributed by atoms with E-state index in [1.165, 1.54) is 0 Å². The van der Waals surface area contributed by atoms with E-state index in [2.05, 4.69) is 27.1 Å². The molecule has 3 aromatic heterocycles. The van der Waals surface area contributed by atoms with Gasteiger partial charge in [0, 0.05) is 17.6 Å². The molecule has 0 saturated heterocycles. The highest BCUT2D eigenvalue weighted by atomic mass is 16.1. The van der Waals surface area contributed by atoms with E-state index in [4.69, 9.17) is 5.73 Å². The van der Waals surface area contributed by atoms with Gasteiger partial charge in [-0.05, 0) is 50.7 Å². The zero-order chi connectivity index (χ0) is 17.6. The molecule has 0 unspecified atom stereocenters. The van der Waals surface area contributed by atoms with Crippen LogP contribution in [-0.4, -0.2) is 24.7 Å². The number of hydrogen-bond donors (Lipinski definition) is 2. The maximum atomic E-state index is 13.3. The monoisotopic (exact) mass is 338 g/mol. The van der Waals surface area contributed by atoms with Gasteiger partial charge in [0.1, 0.15) is 5.65 Å². The van der Waals surface area contributed by atoms with E-state index in [9.17, 15) is 4.79 Å². The smallest absolute Gasteiger partial charge is 0.261 e. The van der Waals surface area contributed by atoms with Crippen molar-refractivity contribution in [2.75, 3.05) is 5.73 Å². The Morgan fingerprint density at radius 2 is 2.00 bits per heavy atom. The second-order valence-corrected chi connectivity index (χ2v) is 7.02. The number of hydrogen-bond acceptors (Lipinski definition) is 5. The Kier molecular flexibility index (Phi) is 3.78. The lowest BCUT2D eigenvalue weighted by atomic mass is 9.87. The van der Waals surface area contributed by atoms with Gasteiger partial charge in [-0.2, -0.15) is 10.1 Å². The van der Waals surface area contributed by atoms with E-state index in [-0.39, 0.29) is 17.5 Å². The van der Waals surface area contributed by atoms with Crippen LogP contribution in [0.25, 0.3) is 22.3 Å². The number of nitrogen functional groups attached to an aromatic ring is 1. The van der Waals surface area contributed by atoms with Crippen molar-refractivity contribution in [1.82, 2.24) is 24.7 Å². The summed E-state index contributed by atoms with van der Waals surface area (Å²) in [5, 5.41) is 7.74. The molecule has 0 bridgehead atoms. The Morgan fingerprint density at radius 3 is 2.68 bits per heavy atom. The number of nitrogens with zero attached hydrogens (tertiary/aromatic N) is 4. The van der Waals surface area contributed by atoms with E-state index in [0.717, 1.165) is 36.8 Å². The second kappa shape index (κ2) is 5.98. The van der Waals surface area contributed by atoms with Gasteiger partial charge < -0.3 is 5.73 Å². The highest BCUT2D eigenvalue weighted by Gasteiger charge is 2.25. The summed E-state index contributed by atoms with van der Waals surface area (Å²) in [6.45, 7) is 4.16. The summed E-state index contributed by atoms with van der Waals surface area (Å²) in [6.07, 6.45) is 5.84. The summed E-state index contributed by atoms with van der Waals surface area (Å²) >= 11 is 0. The molecule has 3 aromatic rings. The van der Waals surface area contributed by atoms with E-state index in [1.54, 1.807) is 6.20 Å². The average molecular weight is 338 g/mol. The Balaban J connectivity index is 2.01. The number of nitrogens with two attached hydrogens (primary N) is 1. The summed E-state index contributed by atoms with van der Waals surface area (Å²) < 4.78 is 1.84. The Bertz CT molecular complexity index is 967. The first-order valence-electron chi connectivity index (χ1n) is 8.73. The van der Waals surface area contributed by atoms with Gasteiger partial charge in [0.2, 0.25) is 5.95 Å². The molecule has 3 N–H and O–H groups in total. The number of aromatic nitrogens is 5. The Hall–Kier alpha value is -2.70. The van der Waals surface area contributed by atoms with Gasteiger partial charge in [-0.1, -0.05) is 6.92 Å². The van der Waals surface area contributed by atoms with E-state index in [0.29, 0.717) is 22.8 Å². The molecule has 0 amide bonds. The average Bonchev–Trinajstić information content (AvgIpc) is 3.10. The third-order valence-electron chi connectivity index (χ3n) is 5.24. The predicted molar refractivity (Wildman–Crippen MR) is 97.2 cm³/mol. The molecule has 0 radical (unpaired) electrons. The number of rotatable bonds is 2. The second-order valence-electron chi connectivity index (χ2n) is 7.02. The van der Waals surface area contributed by atoms with Gasteiger partial charge in [-0.15, -0.1) is 0 Å². The number of anilines is 1. The first kappa shape index (κ1) is 15.8. The van der Waals surface area contributed by atoms with Crippen LogP contribution in [0.15, 0.2) is 23.1 Å². The van der Waals surface area contributed by atoms with Gasteiger partial charge in [-0.3, -0.25) is 14.5 Å². The summed E-state index contributed by atoms with van der Waals surface area (Å²) in [7, 11) is 0. The number of fused-ring (bicyclic) bond motifs is 1. The van der Waals surface area contributed by atoms with Gasteiger partial charge in [0.05, 0.1) is 17.0 Å². The van der Waals surface area contributed by atoms with Gasteiger partial charge in [0.25, 0.3) is 5.56 Å². The number of pyridine rings is 1. The number of aryl methyl sites for hydroxylation is 1. The predicted octanol–water partition coefficient (Wildman–Crippen LogP) is 2.82. The third kappa shape index (κ3) is 2.69. The van der Waals surface area contributed by atoms with Crippen LogP contribution in [0, 0.1) is 12.8 Å². The number of nitrogens with one attached hydrogen (secondary N) is 1. The molecule has 4 rings (SSSR count). The van der Waals surface area contributed by atoms with Crippen molar-refractivity contribution in [3.8, 4) is 11.3 Å². The molecule has 1 fully saturated rings. The van der Waals surface area contributed by atoms with Crippen LogP contribution in [-0.2, 0) is 0 Å². The van der Waals surface area contributed by atoms with Crippen LogP contribution in [0.3, 0.4) is 0 Å². The fourth-order valence-electron chi connectivity index (χ4n) is 3.81. The van der Waals surface area contributed by atoms with Crippen molar-refractivity contribution < 1.29 is 0 Å². The SMILES string of the molecule is Cc1nc(N)nc2c1cc(-c1ccn[nH]1)c(=O)n2C1CCC(C)CC1. The molecule has 0 aliphatic heterocycles. The Morgan fingerprint density at radius 1 is 1.24 bits per heavy atom. The number of H-pyrrole nitrogens is 1. The molecule has 1 aliphatic rings. The molecule has 25 heavy (non-hydrogen) atoms. The summed E-state index contributed by atoms with van der Waals surface area (Å²) in [4.78, 5) is 22.0. The highest BCUT2D eigenvalue weighted by molar-refractivity contribution is 5.83. The van der Waals surface area contributed by atoms with Crippen molar-refractivity contribution in [3.63, 3.8) is 0 Å². The molecular weight excluding hydrogens is 316 g/mol. The molecule has 0 aromatic carbocycles. The van der Waals surface area contributed by atoms with Crippen LogP contribution in [0.5, 0.6) is 0 Å². The minimum absolute atomic E-state index is 0.0474. The molecule has 7 nitrogen and oxygen atoms in total. The molecule has 0 spiro atoms. The molecule has 1 saturated carbocycles. The summed E-state index contributed by atoms with van der Waals surface area (Å²) in [5.41, 5.74) is 8.55. The third-order valence-corrected chi connectivity index (χ3v) is 5.24. The zero-order valence-electron chi connectivity index (χ0n) is 14.5. The highest BCUT2D eigenvalue weighted by Crippen LogP contribution is 2.33. The van der Waals surface area contributed by atoms with E-state index in [1.807, 2.05) is 23.6 Å². The standard InChI is InChI=1S/C18H22N6O/c1-10-3-5-12(6-4-10)24-16-13(11(2)21-18(19)22-16)9-14(17(24)25)15-7-8-20-23-15/h7-10,12H,3-6H2,1-2H3,(H,20,23)(H2,19,21,22). The maximum absolute atomic E-state index is 13.3. The molecular formula is C18H22N6O. The van der Waals surface area contributed by atoms with Crippen LogP contribution in [0.4, 0.5) is 5.95 Å². The maximum Gasteiger partial charge on any atom is 0.261 e. The van der Waals surface area contributed by atoms with Crippen LogP contribution in [0.1, 0.15) is 44.3 Å². The molecule has 1 aliphatic carbocycles. The lowest BCUT2D eigenvalue weighted by molar-refractivity contribution is 0.289. The lowest BCUT2D eigenvalue weighted by Crippen LogP contribution is -2.30. The topological polar surface area (TPSA) is 102 Å². The fourth-order valence-corrected chi connectivity index (χ4v) is 3.81. The number of aromatic amines is 1. The summed E-state index contributed by atoms with van der Waals surface area (Å²) in [6, 6.07) is 3.80. The largest absolute Gasteiger partial charge is 0.368 e. The van der Waals surface area contributed by atoms with Crippen molar-refractivity contribution in [3.05, 3.63) is 34.4 Å². The zero-order valence-corrected chi connectivity index (χ0v) is 14.5. The van der Waals surface area contributed by atoms with Crippen molar-refractivity contribution >= 4 is 17.0 Å². The normalized spacial score (nSPS) is 20.9. The van der Waals surface area contributed by atoms with Crippen molar-refractivity contribution in [1.29, 1.82) is 0 Å². The quantitative estimate of drug-likeness (QED) is 0.748. The van der Waals surface area contributed by atoms with Crippen LogP contribution in [0.2, 0.25) is 0 Å².